The summed E-state index contributed by atoms with van der Waals surface area (Å²) in [4.78, 5) is 13.4. The van der Waals surface area contributed by atoms with Crippen molar-refractivity contribution in [3.05, 3.63) is 71.4 Å². The Labute approximate surface area is 174 Å². The second kappa shape index (κ2) is 8.19. The largest absolute Gasteiger partial charge is 0.381 e. The monoisotopic (exact) mass is 412 g/mol. The van der Waals surface area contributed by atoms with E-state index >= 15 is 0 Å². The van der Waals surface area contributed by atoms with Gasteiger partial charge in [0.15, 0.2) is 0 Å². The second-order valence-corrected chi connectivity index (χ2v) is 8.21. The van der Waals surface area contributed by atoms with Gasteiger partial charge in [0, 0.05) is 43.4 Å². The van der Waals surface area contributed by atoms with Gasteiger partial charge in [0.25, 0.3) is 0 Å². The number of fused-ring (bicyclic) bond motifs is 1. The number of carbonyl (C=O) groups excluding carboxylic acids is 1. The molecule has 0 spiro atoms. The van der Waals surface area contributed by atoms with Gasteiger partial charge < -0.3 is 14.6 Å². The zero-order valence-corrected chi connectivity index (χ0v) is 17.3. The van der Waals surface area contributed by atoms with Crippen LogP contribution in [0.4, 0.5) is 8.78 Å². The van der Waals surface area contributed by atoms with Gasteiger partial charge in [-0.05, 0) is 67.6 Å². The highest BCUT2D eigenvalue weighted by Gasteiger charge is 2.42. The second-order valence-electron chi connectivity index (χ2n) is 8.21. The normalized spacial score (nSPS) is 17.1. The van der Waals surface area contributed by atoms with E-state index in [-0.39, 0.29) is 23.6 Å². The van der Waals surface area contributed by atoms with Crippen LogP contribution >= 0.6 is 0 Å². The van der Waals surface area contributed by atoms with Crippen molar-refractivity contribution in [3.63, 3.8) is 0 Å². The van der Waals surface area contributed by atoms with Crippen LogP contribution in [-0.4, -0.2) is 29.7 Å². The van der Waals surface area contributed by atoms with Crippen molar-refractivity contribution in [3.8, 4) is 0 Å². The Morgan fingerprint density at radius 2 is 1.90 bits per heavy atom. The number of amides is 1. The van der Waals surface area contributed by atoms with Crippen molar-refractivity contribution < 1.29 is 18.3 Å². The molecule has 1 amide bonds. The maximum Gasteiger partial charge on any atom is 0.231 e. The molecule has 4 nitrogen and oxygen atoms in total. The Bertz CT molecular complexity index is 1070. The van der Waals surface area contributed by atoms with Crippen molar-refractivity contribution in [1.29, 1.82) is 0 Å². The number of rotatable bonds is 5. The van der Waals surface area contributed by atoms with Crippen LogP contribution < -0.4 is 5.32 Å². The first-order valence-corrected chi connectivity index (χ1v) is 10.3. The highest BCUT2D eigenvalue weighted by molar-refractivity contribution is 5.89. The summed E-state index contributed by atoms with van der Waals surface area (Å²) in [5.41, 5.74) is 1.80. The minimum atomic E-state index is -0.806. The van der Waals surface area contributed by atoms with Crippen LogP contribution in [0.1, 0.15) is 30.9 Å². The number of aromatic nitrogens is 1. The van der Waals surface area contributed by atoms with Gasteiger partial charge in [0.05, 0.1) is 5.41 Å². The summed E-state index contributed by atoms with van der Waals surface area (Å²) in [6, 6.07) is 10.9. The molecule has 6 heteroatoms. The summed E-state index contributed by atoms with van der Waals surface area (Å²) in [6.45, 7) is 2.86. The van der Waals surface area contributed by atoms with Crippen LogP contribution in [0.2, 0.25) is 0 Å². The van der Waals surface area contributed by atoms with Crippen molar-refractivity contribution in [1.82, 2.24) is 9.88 Å². The fourth-order valence-electron chi connectivity index (χ4n) is 4.50. The SMILES string of the molecule is C[C@H](Cc1cn(C)c2ccc(F)cc12)NC(=O)C1(c2cccc(F)c2)CCOCC1. The van der Waals surface area contributed by atoms with Crippen molar-refractivity contribution in [2.45, 2.75) is 37.6 Å². The lowest BCUT2D eigenvalue weighted by Gasteiger charge is -2.37. The topological polar surface area (TPSA) is 43.3 Å². The first kappa shape index (κ1) is 20.5. The Hall–Kier alpha value is -2.73. The quantitative estimate of drug-likeness (QED) is 0.681. The van der Waals surface area contributed by atoms with E-state index in [1.54, 1.807) is 12.1 Å². The van der Waals surface area contributed by atoms with Crippen LogP contribution in [0.5, 0.6) is 0 Å². The molecule has 0 unspecified atom stereocenters. The summed E-state index contributed by atoms with van der Waals surface area (Å²) < 4.78 is 35.1. The van der Waals surface area contributed by atoms with Gasteiger partial charge in [0.2, 0.25) is 5.91 Å². The van der Waals surface area contributed by atoms with Gasteiger partial charge >= 0.3 is 0 Å². The smallest absolute Gasteiger partial charge is 0.231 e. The number of carbonyl (C=O) groups is 1. The van der Waals surface area contributed by atoms with Crippen LogP contribution in [0.25, 0.3) is 10.9 Å². The number of ether oxygens (including phenoxy) is 1. The lowest BCUT2D eigenvalue weighted by atomic mass is 9.73. The molecule has 0 radical (unpaired) electrons. The van der Waals surface area contributed by atoms with E-state index in [0.717, 1.165) is 16.5 Å². The summed E-state index contributed by atoms with van der Waals surface area (Å²) in [5, 5.41) is 3.98. The van der Waals surface area contributed by atoms with Gasteiger partial charge in [-0.3, -0.25) is 4.79 Å². The van der Waals surface area contributed by atoms with Gasteiger partial charge in [-0.15, -0.1) is 0 Å². The van der Waals surface area contributed by atoms with E-state index in [0.29, 0.717) is 38.0 Å². The minimum Gasteiger partial charge on any atom is -0.381 e. The molecule has 2 aromatic carbocycles. The molecule has 1 atom stereocenters. The molecule has 30 heavy (non-hydrogen) atoms. The maximum absolute atomic E-state index is 13.9. The molecule has 0 bridgehead atoms. The number of benzene rings is 2. The Kier molecular flexibility index (Phi) is 5.60. The molecule has 0 saturated carbocycles. The average molecular weight is 412 g/mol. The molecule has 3 aromatic rings. The summed E-state index contributed by atoms with van der Waals surface area (Å²) in [5.74, 6) is -0.744. The standard InChI is InChI=1S/C24H26F2N2O2/c1-16(12-17-15-28(2)22-7-6-20(26)14-21(17)22)27-23(29)24(8-10-30-11-9-24)18-4-3-5-19(25)13-18/h3-7,13-16H,8-12H2,1-2H3,(H,27,29)/t16-/m1/s1. The molecule has 1 aromatic heterocycles. The molecule has 1 fully saturated rings. The highest BCUT2D eigenvalue weighted by atomic mass is 19.1. The predicted molar refractivity (Wildman–Crippen MR) is 112 cm³/mol. The Balaban J connectivity index is 1.57. The van der Waals surface area contributed by atoms with Crippen LogP contribution in [0.3, 0.4) is 0 Å². The number of nitrogens with one attached hydrogen (secondary N) is 1. The summed E-state index contributed by atoms with van der Waals surface area (Å²) in [6.07, 6.45) is 3.56. The minimum absolute atomic E-state index is 0.115. The fourth-order valence-corrected chi connectivity index (χ4v) is 4.50. The van der Waals surface area contributed by atoms with Crippen LogP contribution in [0, 0.1) is 11.6 Å². The molecule has 158 valence electrons. The molecule has 1 N–H and O–H groups in total. The number of nitrogens with zero attached hydrogens (tertiary/aromatic N) is 1. The van der Waals surface area contributed by atoms with E-state index in [9.17, 15) is 13.6 Å². The van der Waals surface area contributed by atoms with Gasteiger partial charge in [0.1, 0.15) is 11.6 Å². The van der Waals surface area contributed by atoms with Gasteiger partial charge in [-0.25, -0.2) is 8.78 Å². The molecule has 1 aliphatic rings. The number of aryl methyl sites for hydroxylation is 1. The first-order chi connectivity index (χ1) is 14.4. The van der Waals surface area contributed by atoms with E-state index in [4.69, 9.17) is 4.74 Å². The van der Waals surface area contributed by atoms with Crippen molar-refractivity contribution >= 4 is 16.8 Å². The third-order valence-electron chi connectivity index (χ3n) is 6.10. The lowest BCUT2D eigenvalue weighted by molar-refractivity contribution is -0.131. The molecule has 1 saturated heterocycles. The average Bonchev–Trinajstić information content (AvgIpc) is 3.02. The number of halogens is 2. The van der Waals surface area contributed by atoms with E-state index in [1.807, 2.05) is 30.8 Å². The van der Waals surface area contributed by atoms with Gasteiger partial charge in [-0.1, -0.05) is 12.1 Å². The molecule has 4 rings (SSSR count). The zero-order valence-electron chi connectivity index (χ0n) is 17.3. The molecule has 1 aliphatic heterocycles. The first-order valence-electron chi connectivity index (χ1n) is 10.3. The third kappa shape index (κ3) is 3.84. The molecule has 2 heterocycles. The molecular formula is C24H26F2N2O2. The molecule has 0 aliphatic carbocycles. The van der Waals surface area contributed by atoms with Crippen LogP contribution in [0.15, 0.2) is 48.7 Å². The van der Waals surface area contributed by atoms with E-state index in [2.05, 4.69) is 5.32 Å². The van der Waals surface area contributed by atoms with Crippen LogP contribution in [-0.2, 0) is 28.4 Å². The highest BCUT2D eigenvalue weighted by Crippen LogP contribution is 2.36. The zero-order chi connectivity index (χ0) is 21.3. The third-order valence-corrected chi connectivity index (χ3v) is 6.10. The maximum atomic E-state index is 13.9. The number of hydrogen-bond acceptors (Lipinski definition) is 2. The Morgan fingerprint density at radius 1 is 1.17 bits per heavy atom. The van der Waals surface area contributed by atoms with E-state index in [1.165, 1.54) is 24.3 Å². The molecular weight excluding hydrogens is 386 g/mol. The van der Waals surface area contributed by atoms with E-state index < -0.39 is 5.41 Å². The lowest BCUT2D eigenvalue weighted by Crippen LogP contribution is -2.50. The van der Waals surface area contributed by atoms with Crippen molar-refractivity contribution in [2.24, 2.45) is 7.05 Å². The number of hydrogen-bond donors (Lipinski definition) is 1. The summed E-state index contributed by atoms with van der Waals surface area (Å²) in [7, 11) is 1.92. The Morgan fingerprint density at radius 3 is 2.63 bits per heavy atom. The van der Waals surface area contributed by atoms with Crippen molar-refractivity contribution in [2.75, 3.05) is 13.2 Å². The summed E-state index contributed by atoms with van der Waals surface area (Å²) >= 11 is 0. The fraction of sp³-hybridized carbons (Fsp3) is 0.375. The predicted octanol–water partition coefficient (Wildman–Crippen LogP) is 4.25. The van der Waals surface area contributed by atoms with Gasteiger partial charge in [-0.2, -0.15) is 0 Å².